The molecule has 30 heavy (non-hydrogen) atoms. The molecule has 1 fully saturated rings. The van der Waals surface area contributed by atoms with Gasteiger partial charge in [-0.3, -0.25) is 4.79 Å². The zero-order valence-electron chi connectivity index (χ0n) is 17.0. The molecule has 1 N–H and O–H groups in total. The Morgan fingerprint density at radius 1 is 1.23 bits per heavy atom. The highest BCUT2D eigenvalue weighted by atomic mass is 32.2. The number of benzene rings is 1. The molecule has 11 heteroatoms. The van der Waals surface area contributed by atoms with Crippen molar-refractivity contribution in [2.45, 2.75) is 50.5 Å². The SMILES string of the molecule is CC(C)(C)c1nc(CNC(=O)C2CCN(S(=O)(=O)c3ccc(F)c(F)c3)CC2)no1. The lowest BCUT2D eigenvalue weighted by Crippen LogP contribution is -2.43. The van der Waals surface area contributed by atoms with Crippen LogP contribution >= 0.6 is 0 Å². The maximum atomic E-state index is 13.4. The van der Waals surface area contributed by atoms with Crippen LogP contribution in [0.2, 0.25) is 0 Å². The van der Waals surface area contributed by atoms with Gasteiger partial charge in [0.25, 0.3) is 0 Å². The molecule has 0 spiro atoms. The maximum absolute atomic E-state index is 13.4. The number of hydrogen-bond acceptors (Lipinski definition) is 6. The number of halogens is 2. The molecule has 0 saturated carbocycles. The molecule has 0 radical (unpaired) electrons. The first-order valence-electron chi connectivity index (χ1n) is 9.54. The molecule has 0 aliphatic carbocycles. The molecule has 3 rings (SSSR count). The fourth-order valence-corrected chi connectivity index (χ4v) is 4.57. The highest BCUT2D eigenvalue weighted by Gasteiger charge is 2.32. The molecule has 1 aromatic carbocycles. The summed E-state index contributed by atoms with van der Waals surface area (Å²) in [4.78, 5) is 16.4. The van der Waals surface area contributed by atoms with E-state index >= 15 is 0 Å². The topological polar surface area (TPSA) is 105 Å². The summed E-state index contributed by atoms with van der Waals surface area (Å²) in [6.45, 7) is 6.14. The van der Waals surface area contributed by atoms with Gasteiger partial charge in [-0.2, -0.15) is 9.29 Å². The number of nitrogens with one attached hydrogen (secondary N) is 1. The van der Waals surface area contributed by atoms with Crippen LogP contribution in [0.3, 0.4) is 0 Å². The van der Waals surface area contributed by atoms with Crippen molar-refractivity contribution in [3.8, 4) is 0 Å². The summed E-state index contributed by atoms with van der Waals surface area (Å²) in [5.74, 6) is -2.08. The summed E-state index contributed by atoms with van der Waals surface area (Å²) < 4.78 is 58.1. The van der Waals surface area contributed by atoms with Crippen molar-refractivity contribution in [3.63, 3.8) is 0 Å². The number of carbonyl (C=O) groups excluding carboxylic acids is 1. The smallest absolute Gasteiger partial charge is 0.243 e. The normalized spacial score (nSPS) is 16.6. The fraction of sp³-hybridized carbons (Fsp3) is 0.526. The molecule has 1 aliphatic rings. The van der Waals surface area contributed by atoms with E-state index in [1.165, 1.54) is 4.31 Å². The van der Waals surface area contributed by atoms with Crippen LogP contribution in [-0.2, 0) is 26.8 Å². The zero-order chi connectivity index (χ0) is 22.1. The van der Waals surface area contributed by atoms with Crippen LogP contribution in [0.25, 0.3) is 0 Å². The molecule has 1 saturated heterocycles. The van der Waals surface area contributed by atoms with Gasteiger partial charge < -0.3 is 9.84 Å². The fourth-order valence-electron chi connectivity index (χ4n) is 3.09. The van der Waals surface area contributed by atoms with Gasteiger partial charge in [-0.25, -0.2) is 17.2 Å². The molecule has 0 bridgehead atoms. The number of piperidine rings is 1. The lowest BCUT2D eigenvalue weighted by molar-refractivity contribution is -0.126. The molecule has 8 nitrogen and oxygen atoms in total. The first-order valence-corrected chi connectivity index (χ1v) is 11.0. The van der Waals surface area contributed by atoms with E-state index < -0.39 is 21.7 Å². The van der Waals surface area contributed by atoms with Gasteiger partial charge in [-0.15, -0.1) is 0 Å². The highest BCUT2D eigenvalue weighted by Crippen LogP contribution is 2.25. The third kappa shape index (κ3) is 4.84. The minimum atomic E-state index is -3.95. The molecular formula is C19H24F2N4O4S. The molecule has 2 aromatic rings. The highest BCUT2D eigenvalue weighted by molar-refractivity contribution is 7.89. The van der Waals surface area contributed by atoms with Gasteiger partial charge >= 0.3 is 0 Å². The van der Waals surface area contributed by atoms with Crippen molar-refractivity contribution in [3.05, 3.63) is 41.5 Å². The Balaban J connectivity index is 1.55. The molecule has 2 heterocycles. The van der Waals surface area contributed by atoms with Crippen molar-refractivity contribution in [1.29, 1.82) is 0 Å². The Morgan fingerprint density at radius 2 is 1.90 bits per heavy atom. The van der Waals surface area contributed by atoms with Crippen molar-refractivity contribution >= 4 is 15.9 Å². The van der Waals surface area contributed by atoms with Gasteiger partial charge in [0.05, 0.1) is 11.4 Å². The summed E-state index contributed by atoms with van der Waals surface area (Å²) in [6.07, 6.45) is 0.627. The lowest BCUT2D eigenvalue weighted by Gasteiger charge is -2.30. The maximum Gasteiger partial charge on any atom is 0.243 e. The van der Waals surface area contributed by atoms with Crippen LogP contribution in [-0.4, -0.2) is 41.9 Å². The summed E-state index contributed by atoms with van der Waals surface area (Å²) in [5.41, 5.74) is -0.291. The van der Waals surface area contributed by atoms with Gasteiger partial charge in [0, 0.05) is 24.4 Å². The second-order valence-electron chi connectivity index (χ2n) is 8.24. The monoisotopic (exact) mass is 442 g/mol. The van der Waals surface area contributed by atoms with Crippen molar-refractivity contribution in [2.24, 2.45) is 5.92 Å². The number of carbonyl (C=O) groups is 1. The Hall–Kier alpha value is -2.40. The largest absolute Gasteiger partial charge is 0.348 e. The second-order valence-corrected chi connectivity index (χ2v) is 10.2. The van der Waals surface area contributed by atoms with Gasteiger partial charge in [-0.1, -0.05) is 25.9 Å². The molecule has 1 aromatic heterocycles. The zero-order valence-corrected chi connectivity index (χ0v) is 17.8. The molecule has 164 valence electrons. The van der Waals surface area contributed by atoms with E-state index in [2.05, 4.69) is 15.5 Å². The molecule has 0 unspecified atom stereocenters. The van der Waals surface area contributed by atoms with Crippen molar-refractivity contribution < 1.29 is 26.5 Å². The number of amides is 1. The van der Waals surface area contributed by atoms with Gasteiger partial charge in [0.1, 0.15) is 0 Å². The van der Waals surface area contributed by atoms with Crippen LogP contribution in [0.4, 0.5) is 8.78 Å². The molecule has 1 aliphatic heterocycles. The van der Waals surface area contributed by atoms with Gasteiger partial charge in [0.15, 0.2) is 17.5 Å². The Kier molecular flexibility index (Phi) is 6.23. The van der Waals surface area contributed by atoms with Crippen LogP contribution in [0.1, 0.15) is 45.3 Å². The van der Waals surface area contributed by atoms with E-state index in [-0.39, 0.29) is 41.8 Å². The van der Waals surface area contributed by atoms with Crippen LogP contribution in [0.5, 0.6) is 0 Å². The summed E-state index contributed by atoms with van der Waals surface area (Å²) >= 11 is 0. The summed E-state index contributed by atoms with van der Waals surface area (Å²) in [7, 11) is -3.95. The first kappa shape index (κ1) is 22.3. The van der Waals surface area contributed by atoms with E-state index in [0.29, 0.717) is 30.6 Å². The van der Waals surface area contributed by atoms with Crippen molar-refractivity contribution in [2.75, 3.05) is 13.1 Å². The van der Waals surface area contributed by atoms with Gasteiger partial charge in [-0.05, 0) is 31.0 Å². The van der Waals surface area contributed by atoms with Crippen LogP contribution in [0.15, 0.2) is 27.6 Å². The Morgan fingerprint density at radius 3 is 2.47 bits per heavy atom. The second kappa shape index (κ2) is 8.38. The van der Waals surface area contributed by atoms with Crippen molar-refractivity contribution in [1.82, 2.24) is 19.8 Å². The minimum absolute atomic E-state index is 0.107. The number of hydrogen-bond donors (Lipinski definition) is 1. The lowest BCUT2D eigenvalue weighted by atomic mass is 9.97. The first-order chi connectivity index (χ1) is 14.0. The van der Waals surface area contributed by atoms with Crippen LogP contribution in [0, 0.1) is 17.6 Å². The molecule has 0 atom stereocenters. The van der Waals surface area contributed by atoms with E-state index in [4.69, 9.17) is 4.52 Å². The number of aromatic nitrogens is 2. The van der Waals surface area contributed by atoms with E-state index in [0.717, 1.165) is 12.1 Å². The average Bonchev–Trinajstić information content (AvgIpc) is 3.18. The van der Waals surface area contributed by atoms with Crippen LogP contribution < -0.4 is 5.32 Å². The van der Waals surface area contributed by atoms with Gasteiger partial charge in [0.2, 0.25) is 21.8 Å². The van der Waals surface area contributed by atoms with E-state index in [9.17, 15) is 22.0 Å². The predicted molar refractivity (Wildman–Crippen MR) is 103 cm³/mol. The van der Waals surface area contributed by atoms with E-state index in [1.54, 1.807) is 0 Å². The minimum Gasteiger partial charge on any atom is -0.348 e. The third-order valence-electron chi connectivity index (χ3n) is 4.88. The third-order valence-corrected chi connectivity index (χ3v) is 6.78. The predicted octanol–water partition coefficient (Wildman–Crippen LogP) is 2.36. The summed E-state index contributed by atoms with van der Waals surface area (Å²) in [6, 6.07) is 2.48. The molecular weight excluding hydrogens is 418 g/mol. The quantitative estimate of drug-likeness (QED) is 0.762. The molecule has 1 amide bonds. The number of sulfonamides is 1. The average molecular weight is 442 g/mol. The summed E-state index contributed by atoms with van der Waals surface area (Å²) in [5, 5.41) is 6.59. The number of nitrogens with zero attached hydrogens (tertiary/aromatic N) is 3. The van der Waals surface area contributed by atoms with E-state index in [1.807, 2.05) is 20.8 Å². The Bertz CT molecular complexity index is 1030. The Labute approximate surface area is 173 Å². The number of rotatable bonds is 5. The standard InChI is InChI=1S/C19H24F2N4O4S/c1-19(2,3)18-23-16(24-29-18)11-22-17(26)12-6-8-25(9-7-12)30(27,28)13-4-5-14(20)15(21)10-13/h4-5,10,12H,6-9,11H2,1-3H3,(H,22,26).